The summed E-state index contributed by atoms with van der Waals surface area (Å²) in [6.45, 7) is 21.7. The Bertz CT molecular complexity index is 4160. The molecular weight excluding hydrogens is 975 g/mol. The standard InChI is InChI=1S/C80H69N/c1-76(2,3)68-44-43-58(50-23-13-10-14-24-50)74-65-39-34-52(46-73(65)80(75(68)74,53-25-15-11-16-26-53)54-27-17-12-18-28-54)51-33-38-61-64-42-37-57(49-72(64)79(8,9)69(61)45-51)81(55-35-40-62-59-29-19-21-31-66(59)77(4,5)70(62)47-55)56-36-41-63-60-30-20-22-32-67(60)78(6,7)71(63)48-56/h10-32,34-49,51H,33H2,1-9H3. The fourth-order valence-corrected chi connectivity index (χ4v) is 15.8. The van der Waals surface area contributed by atoms with Gasteiger partial charge >= 0.3 is 0 Å². The fraction of sp³-hybridized carbons (Fsp3) is 0.200. The molecule has 0 aromatic heterocycles. The highest BCUT2D eigenvalue weighted by atomic mass is 15.1. The molecule has 10 aromatic rings. The summed E-state index contributed by atoms with van der Waals surface area (Å²) in [6.07, 6.45) is 6.15. The summed E-state index contributed by atoms with van der Waals surface area (Å²) in [5.74, 6) is 0.194. The predicted octanol–water partition coefficient (Wildman–Crippen LogP) is 20.9. The number of benzene rings is 10. The monoisotopic (exact) mass is 1040 g/mol. The zero-order chi connectivity index (χ0) is 55.4. The molecule has 0 N–H and O–H groups in total. The van der Waals surface area contributed by atoms with E-state index in [1.807, 2.05) is 0 Å². The quantitative estimate of drug-likeness (QED) is 0.154. The van der Waals surface area contributed by atoms with Crippen LogP contribution in [-0.4, -0.2) is 0 Å². The highest BCUT2D eigenvalue weighted by Gasteiger charge is 2.50. The number of allylic oxidation sites excluding steroid dienone is 4. The second kappa shape index (κ2) is 17.5. The van der Waals surface area contributed by atoms with Crippen molar-refractivity contribution in [3.05, 3.63) is 309 Å². The summed E-state index contributed by atoms with van der Waals surface area (Å²) in [7, 11) is 0. The van der Waals surface area contributed by atoms with Gasteiger partial charge in [0.1, 0.15) is 0 Å². The Labute approximate surface area is 480 Å². The minimum absolute atomic E-state index is 0.122. The van der Waals surface area contributed by atoms with Crippen LogP contribution < -0.4 is 4.90 Å². The average molecular weight is 1040 g/mol. The Morgan fingerprint density at radius 3 is 1.40 bits per heavy atom. The van der Waals surface area contributed by atoms with E-state index in [1.54, 1.807) is 0 Å². The molecule has 5 aliphatic carbocycles. The van der Waals surface area contributed by atoms with E-state index in [4.69, 9.17) is 0 Å². The first-order valence-corrected chi connectivity index (χ1v) is 29.4. The van der Waals surface area contributed by atoms with Gasteiger partial charge in [-0.25, -0.2) is 0 Å². The van der Waals surface area contributed by atoms with Gasteiger partial charge in [-0.1, -0.05) is 263 Å². The summed E-state index contributed by atoms with van der Waals surface area (Å²) in [5, 5.41) is 0. The first kappa shape index (κ1) is 49.5. The Hall–Kier alpha value is -8.52. The molecular formula is C80H69N. The Morgan fingerprint density at radius 2 is 0.852 bits per heavy atom. The maximum atomic E-state index is 2.65. The third-order valence-corrected chi connectivity index (χ3v) is 19.8. The van der Waals surface area contributed by atoms with Crippen molar-refractivity contribution < 1.29 is 0 Å². The highest BCUT2D eigenvalue weighted by Crippen LogP contribution is 2.62. The summed E-state index contributed by atoms with van der Waals surface area (Å²) in [5.41, 5.74) is 32.1. The van der Waals surface area contributed by atoms with Gasteiger partial charge in [-0.3, -0.25) is 0 Å². The topological polar surface area (TPSA) is 3.24 Å². The van der Waals surface area contributed by atoms with Crippen molar-refractivity contribution >= 4 is 22.6 Å². The van der Waals surface area contributed by atoms with Crippen molar-refractivity contribution in [2.75, 3.05) is 4.90 Å². The molecule has 0 heterocycles. The summed E-state index contributed by atoms with van der Waals surface area (Å²) < 4.78 is 0. The molecule has 1 unspecified atom stereocenters. The van der Waals surface area contributed by atoms with Crippen LogP contribution in [0, 0.1) is 0 Å². The van der Waals surface area contributed by atoms with Gasteiger partial charge in [-0.2, -0.15) is 0 Å². The number of hydrogen-bond donors (Lipinski definition) is 0. The lowest BCUT2D eigenvalue weighted by Crippen LogP contribution is -2.32. The molecule has 0 bridgehead atoms. The van der Waals surface area contributed by atoms with Gasteiger partial charge in [0.05, 0.1) is 5.41 Å². The van der Waals surface area contributed by atoms with E-state index in [2.05, 4.69) is 304 Å². The van der Waals surface area contributed by atoms with Gasteiger partial charge in [0.25, 0.3) is 0 Å². The zero-order valence-electron chi connectivity index (χ0n) is 48.2. The summed E-state index contributed by atoms with van der Waals surface area (Å²) >= 11 is 0. The molecule has 15 rings (SSSR count). The number of nitrogens with zero attached hydrogens (tertiary/aromatic N) is 1. The van der Waals surface area contributed by atoms with E-state index in [0.717, 1.165) is 6.42 Å². The van der Waals surface area contributed by atoms with Crippen molar-refractivity contribution in [3.8, 4) is 44.5 Å². The molecule has 81 heavy (non-hydrogen) atoms. The lowest BCUT2D eigenvalue weighted by atomic mass is 9.63. The van der Waals surface area contributed by atoms with Crippen molar-refractivity contribution in [1.29, 1.82) is 0 Å². The maximum Gasteiger partial charge on any atom is 0.0716 e. The molecule has 0 fully saturated rings. The van der Waals surface area contributed by atoms with Gasteiger partial charge in [-0.15, -0.1) is 0 Å². The van der Waals surface area contributed by atoms with Crippen LogP contribution in [0.4, 0.5) is 17.1 Å². The van der Waals surface area contributed by atoms with E-state index < -0.39 is 5.41 Å². The van der Waals surface area contributed by atoms with Crippen LogP contribution in [0.25, 0.3) is 50.1 Å². The molecule has 10 aromatic carbocycles. The molecule has 5 aliphatic rings. The first-order chi connectivity index (χ1) is 39.1. The van der Waals surface area contributed by atoms with Gasteiger partial charge in [0, 0.05) is 39.2 Å². The molecule has 1 atom stereocenters. The number of anilines is 3. The number of hydrogen-bond acceptors (Lipinski definition) is 1. The van der Waals surface area contributed by atoms with Crippen molar-refractivity contribution in [2.45, 2.75) is 102 Å². The maximum absolute atomic E-state index is 2.65. The van der Waals surface area contributed by atoms with E-state index in [9.17, 15) is 0 Å². The molecule has 1 nitrogen and oxygen atoms in total. The molecule has 0 saturated carbocycles. The number of fused-ring (bicyclic) bond motifs is 12. The van der Waals surface area contributed by atoms with Crippen molar-refractivity contribution in [2.24, 2.45) is 0 Å². The van der Waals surface area contributed by atoms with Crippen LogP contribution in [0.1, 0.15) is 141 Å². The third kappa shape index (κ3) is 7.03. The molecule has 394 valence electrons. The lowest BCUT2D eigenvalue weighted by molar-refractivity contribution is 0.572. The normalized spacial score (nSPS) is 17.6. The van der Waals surface area contributed by atoms with E-state index >= 15 is 0 Å². The van der Waals surface area contributed by atoms with Gasteiger partial charge in [0.15, 0.2) is 0 Å². The lowest BCUT2D eigenvalue weighted by Gasteiger charge is -2.38. The summed E-state index contributed by atoms with van der Waals surface area (Å²) in [6, 6.07) is 86.1. The SMILES string of the molecule is CC(C)(C)c1ccc(-c2ccccc2)c2c1C(c1ccccc1)(c1ccccc1)c1cc(C3C=C4C(=CC3)c3ccc(N(c5ccc6c(c5)C(C)(C)c5ccccc5-6)c5ccc6c(c5)C(C)(C)c5ccccc5-6)cc3C4(C)C)ccc1-2. The van der Waals surface area contributed by atoms with Crippen LogP contribution in [0.5, 0.6) is 0 Å². The molecule has 1 heteroatoms. The predicted molar refractivity (Wildman–Crippen MR) is 341 cm³/mol. The van der Waals surface area contributed by atoms with Crippen LogP contribution in [0.2, 0.25) is 0 Å². The average Bonchev–Trinajstić information content (AvgIpc) is 4.09. The van der Waals surface area contributed by atoms with Crippen LogP contribution in [0.15, 0.2) is 242 Å². The number of rotatable bonds is 7. The minimum atomic E-state index is -0.554. The van der Waals surface area contributed by atoms with Gasteiger partial charge < -0.3 is 4.90 Å². The second-order valence-electron chi connectivity index (χ2n) is 26.3. The van der Waals surface area contributed by atoms with Crippen LogP contribution in [0.3, 0.4) is 0 Å². The van der Waals surface area contributed by atoms with Gasteiger partial charge in [0.2, 0.25) is 0 Å². The largest absolute Gasteiger partial charge is 0.310 e. The molecule has 0 radical (unpaired) electrons. The molecule has 0 aliphatic heterocycles. The third-order valence-electron chi connectivity index (χ3n) is 19.8. The Morgan fingerprint density at radius 1 is 0.395 bits per heavy atom. The summed E-state index contributed by atoms with van der Waals surface area (Å²) in [4.78, 5) is 2.55. The van der Waals surface area contributed by atoms with E-state index in [0.29, 0.717) is 0 Å². The second-order valence-corrected chi connectivity index (χ2v) is 26.3. The Balaban J connectivity index is 0.871. The van der Waals surface area contributed by atoms with Crippen molar-refractivity contribution in [1.82, 2.24) is 0 Å². The highest BCUT2D eigenvalue weighted by molar-refractivity contribution is 5.98. The van der Waals surface area contributed by atoms with Crippen LogP contribution >= 0.6 is 0 Å². The minimum Gasteiger partial charge on any atom is -0.310 e. The van der Waals surface area contributed by atoms with Gasteiger partial charge in [-0.05, 0) is 171 Å². The molecule has 0 amide bonds. The molecule has 0 spiro atoms. The van der Waals surface area contributed by atoms with E-state index in [-0.39, 0.29) is 27.6 Å². The first-order valence-electron chi connectivity index (χ1n) is 29.4. The fourth-order valence-electron chi connectivity index (χ4n) is 15.8. The van der Waals surface area contributed by atoms with E-state index in [1.165, 1.54) is 139 Å². The zero-order valence-corrected chi connectivity index (χ0v) is 48.2. The van der Waals surface area contributed by atoms with Crippen LogP contribution in [-0.2, 0) is 27.1 Å². The molecule has 0 saturated heterocycles. The smallest absolute Gasteiger partial charge is 0.0716 e. The van der Waals surface area contributed by atoms with Crippen molar-refractivity contribution in [3.63, 3.8) is 0 Å². The Kier molecular flexibility index (Phi) is 10.7.